The summed E-state index contributed by atoms with van der Waals surface area (Å²) in [6.45, 7) is 3.93. The van der Waals surface area contributed by atoms with Crippen LogP contribution in [0.5, 0.6) is 11.5 Å². The number of rotatable bonds is 16. The van der Waals surface area contributed by atoms with Gasteiger partial charge in [0.05, 0.1) is 16.2 Å². The quantitative estimate of drug-likeness (QED) is 0.253. The zero-order valence-corrected chi connectivity index (χ0v) is 22.1. The van der Waals surface area contributed by atoms with Crippen molar-refractivity contribution in [3.8, 4) is 11.5 Å². The van der Waals surface area contributed by atoms with Crippen molar-refractivity contribution in [2.24, 2.45) is 0 Å². The van der Waals surface area contributed by atoms with Crippen LogP contribution in [0.15, 0.2) is 12.1 Å². The van der Waals surface area contributed by atoms with Crippen molar-refractivity contribution < 1.29 is 34.4 Å². The van der Waals surface area contributed by atoms with Crippen LogP contribution in [-0.2, 0) is 16.0 Å². The van der Waals surface area contributed by atoms with Crippen molar-refractivity contribution in [2.75, 3.05) is 23.9 Å². The van der Waals surface area contributed by atoms with Gasteiger partial charge in [0.25, 0.3) is 0 Å². The van der Waals surface area contributed by atoms with Crippen LogP contribution in [0.2, 0.25) is 0 Å². The van der Waals surface area contributed by atoms with Gasteiger partial charge in [0.2, 0.25) is 0 Å². The molecule has 1 aromatic rings. The van der Waals surface area contributed by atoms with Crippen molar-refractivity contribution in [1.29, 1.82) is 0 Å². The summed E-state index contributed by atoms with van der Waals surface area (Å²) in [5.41, 5.74) is 0.986. The summed E-state index contributed by atoms with van der Waals surface area (Å²) in [7, 11) is 0. The van der Waals surface area contributed by atoms with E-state index in [2.05, 4.69) is 0 Å². The third kappa shape index (κ3) is 8.92. The number of carbonyl (C=O) groups excluding carboxylic acids is 3. The molecule has 1 fully saturated rings. The molecule has 0 bridgehead atoms. The largest absolute Gasteiger partial charge is 0.550 e. The van der Waals surface area contributed by atoms with Crippen LogP contribution in [0.1, 0.15) is 68.3 Å². The van der Waals surface area contributed by atoms with Crippen LogP contribution in [0, 0.1) is 0 Å². The number of phenolic OH excluding ortho intramolecular Hbond substituents is 1. The monoisotopic (exact) mass is 528 g/mol. The number of hydrogen-bond donors (Lipinski definition) is 1. The molecule has 1 unspecified atom stereocenters. The molecule has 0 spiro atoms. The second kappa shape index (κ2) is 14.1. The van der Waals surface area contributed by atoms with Gasteiger partial charge >= 0.3 is 0 Å². The minimum absolute atomic E-state index is 0.0119. The third-order valence-corrected chi connectivity index (χ3v) is 10.7. The molecule has 1 heterocycles. The number of carbonyl (C=O) groups is 3. The molecule has 0 saturated carbocycles. The predicted molar refractivity (Wildman–Crippen MR) is 135 cm³/mol. The van der Waals surface area contributed by atoms with Crippen LogP contribution in [0.25, 0.3) is 0 Å². The van der Waals surface area contributed by atoms with E-state index in [1.165, 1.54) is 6.92 Å². The van der Waals surface area contributed by atoms with Crippen molar-refractivity contribution in [2.45, 2.75) is 68.1 Å². The lowest BCUT2D eigenvalue weighted by atomic mass is 10.0. The van der Waals surface area contributed by atoms with Gasteiger partial charge in [-0.2, -0.15) is 11.8 Å². The number of aliphatic carboxylic acids is 2. The van der Waals surface area contributed by atoms with E-state index in [9.17, 15) is 29.7 Å². The van der Waals surface area contributed by atoms with Crippen LogP contribution in [0.4, 0.5) is 0 Å². The molecule has 1 aliphatic rings. The number of aromatic hydroxyl groups is 1. The Bertz CT molecular complexity index is 841. The van der Waals surface area contributed by atoms with Crippen LogP contribution in [0.3, 0.4) is 0 Å². The van der Waals surface area contributed by atoms with Gasteiger partial charge in [-0.05, 0) is 63.3 Å². The lowest BCUT2D eigenvalue weighted by Crippen LogP contribution is -2.29. The van der Waals surface area contributed by atoms with Crippen molar-refractivity contribution in [1.82, 2.24) is 0 Å². The van der Waals surface area contributed by atoms with Crippen LogP contribution >= 0.6 is 35.3 Å². The Labute approximate surface area is 213 Å². The number of carboxylic acids is 2. The smallest absolute Gasteiger partial charge is 0.163 e. The van der Waals surface area contributed by atoms with Gasteiger partial charge in [-0.25, -0.2) is 0 Å². The molecule has 0 amide bonds. The molecular formula is C24H32O7S3-2. The number of thioether (sulfide) groups is 3. The fourth-order valence-electron chi connectivity index (χ4n) is 3.76. The molecule has 190 valence electrons. The SMILES string of the molecule is CCCc1c(OCCCSCC2CSC(CCC(=O)[O-])(CCC(=O)[O-])S2)ccc(C(C)=O)c1O. The predicted octanol–water partition coefficient (Wildman–Crippen LogP) is 2.65. The first kappa shape index (κ1) is 28.7. The number of ketones is 1. The summed E-state index contributed by atoms with van der Waals surface area (Å²) in [6.07, 6.45) is 2.90. The molecule has 1 N–H and O–H groups in total. The zero-order chi connectivity index (χ0) is 25.1. The van der Waals surface area contributed by atoms with E-state index in [0.29, 0.717) is 48.0 Å². The lowest BCUT2D eigenvalue weighted by Gasteiger charge is -2.28. The van der Waals surface area contributed by atoms with Crippen molar-refractivity contribution in [3.63, 3.8) is 0 Å². The van der Waals surface area contributed by atoms with Gasteiger partial charge in [-0.1, -0.05) is 13.3 Å². The maximum Gasteiger partial charge on any atom is 0.163 e. The van der Waals surface area contributed by atoms with Gasteiger partial charge in [0.1, 0.15) is 11.5 Å². The summed E-state index contributed by atoms with van der Waals surface area (Å²) in [5, 5.41) is 32.6. The second-order valence-corrected chi connectivity index (χ2v) is 12.7. The van der Waals surface area contributed by atoms with E-state index in [0.717, 1.165) is 30.1 Å². The Morgan fingerprint density at radius 1 is 1.21 bits per heavy atom. The Kier molecular flexibility index (Phi) is 11.9. The van der Waals surface area contributed by atoms with E-state index in [1.54, 1.807) is 47.4 Å². The van der Waals surface area contributed by atoms with Gasteiger partial charge in [-0.15, -0.1) is 23.5 Å². The van der Waals surface area contributed by atoms with Crippen LogP contribution in [-0.4, -0.2) is 56.0 Å². The summed E-state index contributed by atoms with van der Waals surface area (Å²) in [4.78, 5) is 33.5. The van der Waals surface area contributed by atoms with E-state index in [-0.39, 0.29) is 24.4 Å². The minimum Gasteiger partial charge on any atom is -0.550 e. The summed E-state index contributed by atoms with van der Waals surface area (Å²) < 4.78 is 5.50. The number of phenols is 1. The van der Waals surface area contributed by atoms with E-state index >= 15 is 0 Å². The molecule has 1 aliphatic heterocycles. The normalized spacial score (nSPS) is 16.9. The highest BCUT2D eigenvalue weighted by Crippen LogP contribution is 2.54. The average molecular weight is 529 g/mol. The Balaban J connectivity index is 1.78. The number of hydrogen-bond acceptors (Lipinski definition) is 10. The fourth-order valence-corrected chi connectivity index (χ4v) is 8.85. The highest BCUT2D eigenvalue weighted by atomic mass is 32.2. The van der Waals surface area contributed by atoms with Crippen molar-refractivity contribution in [3.05, 3.63) is 23.3 Å². The number of benzene rings is 1. The maximum atomic E-state index is 11.7. The Morgan fingerprint density at radius 3 is 2.47 bits per heavy atom. The summed E-state index contributed by atoms with van der Waals surface area (Å²) in [6, 6.07) is 3.35. The molecular weight excluding hydrogens is 496 g/mol. The summed E-state index contributed by atoms with van der Waals surface area (Å²) in [5.74, 6) is 0.857. The molecule has 34 heavy (non-hydrogen) atoms. The molecule has 7 nitrogen and oxygen atoms in total. The number of Topliss-reactive ketones (excluding diaryl/α,β-unsaturated/α-hetero) is 1. The highest BCUT2D eigenvalue weighted by Gasteiger charge is 2.39. The van der Waals surface area contributed by atoms with Gasteiger partial charge in [-0.3, -0.25) is 4.79 Å². The third-order valence-electron chi connectivity index (χ3n) is 5.45. The van der Waals surface area contributed by atoms with Gasteiger partial charge in [0, 0.05) is 34.3 Å². The first-order valence-electron chi connectivity index (χ1n) is 11.4. The molecule has 1 aromatic carbocycles. The zero-order valence-electron chi connectivity index (χ0n) is 19.6. The first-order valence-corrected chi connectivity index (χ1v) is 14.5. The standard InChI is InChI=1S/C24H34O7S3/c1-3-5-19-20(7-6-18(16(2)25)23(19)30)31-12-4-13-32-14-17-15-33-24(34-17,10-8-21(26)27)11-9-22(28)29/h6-7,17,30H,3-5,8-15H2,1-2H3,(H,26,27)(H,28,29)/p-2. The topological polar surface area (TPSA) is 127 Å². The first-order chi connectivity index (χ1) is 16.2. The fraction of sp³-hybridized carbons (Fsp3) is 0.625. The Hall–Kier alpha value is -1.52. The van der Waals surface area contributed by atoms with Crippen molar-refractivity contribution >= 4 is 53.0 Å². The van der Waals surface area contributed by atoms with Gasteiger partial charge in [0.15, 0.2) is 5.78 Å². The highest BCUT2D eigenvalue weighted by molar-refractivity contribution is 8.22. The Morgan fingerprint density at radius 2 is 1.88 bits per heavy atom. The van der Waals surface area contributed by atoms with Crippen LogP contribution < -0.4 is 14.9 Å². The maximum absolute atomic E-state index is 11.7. The van der Waals surface area contributed by atoms with E-state index in [1.807, 2.05) is 6.92 Å². The average Bonchev–Trinajstić information content (AvgIpc) is 3.19. The molecule has 0 aromatic heterocycles. The molecule has 2 rings (SSSR count). The second-order valence-electron chi connectivity index (χ2n) is 8.23. The molecule has 1 saturated heterocycles. The van der Waals surface area contributed by atoms with E-state index in [4.69, 9.17) is 4.74 Å². The molecule has 0 radical (unpaired) electrons. The minimum atomic E-state index is -1.11. The number of ether oxygens (including phenoxy) is 1. The molecule has 10 heteroatoms. The lowest BCUT2D eigenvalue weighted by molar-refractivity contribution is -0.306. The number of carboxylic acid groups (broad SMARTS) is 2. The summed E-state index contributed by atoms with van der Waals surface area (Å²) >= 11 is 5.14. The molecule has 0 aliphatic carbocycles. The molecule has 1 atom stereocenters. The van der Waals surface area contributed by atoms with E-state index < -0.39 is 16.0 Å². The van der Waals surface area contributed by atoms with Gasteiger partial charge < -0.3 is 29.6 Å².